The Kier molecular flexibility index (Phi) is 2.51. The van der Waals surface area contributed by atoms with Gasteiger partial charge in [-0.2, -0.15) is 0 Å². The zero-order valence-electron chi connectivity index (χ0n) is 7.83. The van der Waals surface area contributed by atoms with Gasteiger partial charge in [-0.3, -0.25) is 0 Å². The Morgan fingerprint density at radius 1 is 1.57 bits per heavy atom. The summed E-state index contributed by atoms with van der Waals surface area (Å²) < 4.78 is 6.40. The third kappa shape index (κ3) is 1.54. The molecule has 2 atom stereocenters. The number of aryl methyl sites for hydroxylation is 1. The Hall–Kier alpha value is -0.580. The molecule has 0 radical (unpaired) electrons. The largest absolute Gasteiger partial charge is 0.490 e. The van der Waals surface area contributed by atoms with Crippen LogP contribution in [0, 0.1) is 6.92 Å². The van der Waals surface area contributed by atoms with E-state index in [1.807, 2.05) is 19.1 Å². The van der Waals surface area contributed by atoms with Crippen molar-refractivity contribution in [2.45, 2.75) is 19.1 Å². The molecule has 3 N–H and O–H groups in total. The molecule has 14 heavy (non-hydrogen) atoms. The van der Waals surface area contributed by atoms with E-state index in [9.17, 15) is 5.11 Å². The topological polar surface area (TPSA) is 55.5 Å². The minimum atomic E-state index is -0.615. The molecule has 0 amide bonds. The van der Waals surface area contributed by atoms with Crippen LogP contribution in [-0.2, 0) is 0 Å². The van der Waals surface area contributed by atoms with E-state index in [0.29, 0.717) is 0 Å². The van der Waals surface area contributed by atoms with Gasteiger partial charge in [0, 0.05) is 10.0 Å². The summed E-state index contributed by atoms with van der Waals surface area (Å²) in [6, 6.07) is 3.52. The number of aliphatic hydroxyl groups excluding tert-OH is 1. The molecular formula is C10H12BrNO2. The maximum atomic E-state index is 9.54. The van der Waals surface area contributed by atoms with Crippen molar-refractivity contribution in [3.63, 3.8) is 0 Å². The number of nitrogens with two attached hydrogens (primary N) is 1. The van der Waals surface area contributed by atoms with E-state index >= 15 is 0 Å². The Balaban J connectivity index is 2.54. The molecule has 0 spiro atoms. The molecule has 1 aliphatic rings. The third-order valence-corrected chi connectivity index (χ3v) is 2.90. The number of halogens is 1. The molecule has 1 aromatic rings. The van der Waals surface area contributed by atoms with Crippen LogP contribution in [0.1, 0.15) is 17.2 Å². The predicted octanol–water partition coefficient (Wildman–Crippen LogP) is 1.51. The van der Waals surface area contributed by atoms with E-state index in [1.165, 1.54) is 0 Å². The number of aliphatic hydroxyl groups is 1. The van der Waals surface area contributed by atoms with Crippen molar-refractivity contribution in [2.24, 2.45) is 5.73 Å². The maximum Gasteiger partial charge on any atom is 0.127 e. The molecule has 2 rings (SSSR count). The zero-order valence-corrected chi connectivity index (χ0v) is 9.41. The Bertz CT molecular complexity index is 367. The van der Waals surface area contributed by atoms with Gasteiger partial charge in [-0.05, 0) is 24.6 Å². The fourth-order valence-corrected chi connectivity index (χ4v) is 2.27. The van der Waals surface area contributed by atoms with Gasteiger partial charge < -0.3 is 15.6 Å². The smallest absolute Gasteiger partial charge is 0.127 e. The van der Waals surface area contributed by atoms with E-state index in [0.717, 1.165) is 21.3 Å². The lowest BCUT2D eigenvalue weighted by molar-refractivity contribution is 0.0674. The maximum absolute atomic E-state index is 9.54. The van der Waals surface area contributed by atoms with Crippen molar-refractivity contribution in [2.75, 3.05) is 6.61 Å². The first-order valence-corrected chi connectivity index (χ1v) is 5.25. The monoisotopic (exact) mass is 257 g/mol. The second-order valence-corrected chi connectivity index (χ2v) is 4.46. The Labute approximate surface area is 91.0 Å². The van der Waals surface area contributed by atoms with Gasteiger partial charge in [0.15, 0.2) is 0 Å². The van der Waals surface area contributed by atoms with Crippen LogP contribution in [0.3, 0.4) is 0 Å². The first-order valence-electron chi connectivity index (χ1n) is 4.46. The van der Waals surface area contributed by atoms with Gasteiger partial charge in [-0.15, -0.1) is 0 Å². The summed E-state index contributed by atoms with van der Waals surface area (Å²) in [6.45, 7) is 2.24. The minimum Gasteiger partial charge on any atom is -0.490 e. The Morgan fingerprint density at radius 2 is 2.29 bits per heavy atom. The normalized spacial score (nSPS) is 25.4. The highest BCUT2D eigenvalue weighted by atomic mass is 79.9. The summed E-state index contributed by atoms with van der Waals surface area (Å²) in [5.74, 6) is 0.811. The molecule has 0 aliphatic carbocycles. The van der Waals surface area contributed by atoms with Crippen LogP contribution < -0.4 is 10.5 Å². The van der Waals surface area contributed by atoms with Crippen LogP contribution in [0.2, 0.25) is 0 Å². The van der Waals surface area contributed by atoms with E-state index in [2.05, 4.69) is 15.9 Å². The molecule has 76 valence electrons. The summed E-state index contributed by atoms with van der Waals surface area (Å²) in [7, 11) is 0. The van der Waals surface area contributed by atoms with Gasteiger partial charge in [-0.25, -0.2) is 0 Å². The van der Waals surface area contributed by atoms with Crippen LogP contribution in [0.5, 0.6) is 5.75 Å². The van der Waals surface area contributed by atoms with Gasteiger partial charge in [0.25, 0.3) is 0 Å². The highest BCUT2D eigenvalue weighted by Gasteiger charge is 2.27. The lowest BCUT2D eigenvalue weighted by Gasteiger charge is -2.29. The lowest BCUT2D eigenvalue weighted by Crippen LogP contribution is -2.36. The van der Waals surface area contributed by atoms with Gasteiger partial charge in [0.1, 0.15) is 18.5 Å². The van der Waals surface area contributed by atoms with Crippen LogP contribution in [0.15, 0.2) is 16.6 Å². The average Bonchev–Trinajstić information content (AvgIpc) is 2.12. The molecule has 0 unspecified atom stereocenters. The number of rotatable bonds is 0. The van der Waals surface area contributed by atoms with Gasteiger partial charge in [0.05, 0.1) is 6.04 Å². The SMILES string of the molecule is Cc1cc(Br)cc2c1OC[C@@H](O)[C@H]2N. The van der Waals surface area contributed by atoms with Crippen molar-refractivity contribution in [1.29, 1.82) is 0 Å². The zero-order chi connectivity index (χ0) is 10.3. The summed E-state index contributed by atoms with van der Waals surface area (Å²) in [5, 5.41) is 9.54. The molecule has 0 saturated heterocycles. The fraction of sp³-hybridized carbons (Fsp3) is 0.400. The van der Waals surface area contributed by atoms with Crippen molar-refractivity contribution in [1.82, 2.24) is 0 Å². The number of ether oxygens (including phenoxy) is 1. The van der Waals surface area contributed by atoms with Gasteiger partial charge >= 0.3 is 0 Å². The molecule has 0 fully saturated rings. The van der Waals surface area contributed by atoms with E-state index < -0.39 is 6.10 Å². The van der Waals surface area contributed by atoms with Crippen molar-refractivity contribution < 1.29 is 9.84 Å². The van der Waals surface area contributed by atoms with Gasteiger partial charge in [-0.1, -0.05) is 15.9 Å². The quantitative estimate of drug-likeness (QED) is 0.741. The molecule has 0 saturated carbocycles. The molecule has 0 aromatic heterocycles. The molecule has 1 aliphatic heterocycles. The fourth-order valence-electron chi connectivity index (χ4n) is 1.68. The van der Waals surface area contributed by atoms with Crippen LogP contribution in [0.4, 0.5) is 0 Å². The number of fused-ring (bicyclic) bond motifs is 1. The van der Waals surface area contributed by atoms with Crippen molar-refractivity contribution in [3.8, 4) is 5.75 Å². The summed E-state index contributed by atoms with van der Waals surface area (Å²) in [4.78, 5) is 0. The van der Waals surface area contributed by atoms with E-state index in [-0.39, 0.29) is 12.6 Å². The Morgan fingerprint density at radius 3 is 3.00 bits per heavy atom. The van der Waals surface area contributed by atoms with Crippen LogP contribution in [-0.4, -0.2) is 17.8 Å². The van der Waals surface area contributed by atoms with Crippen LogP contribution >= 0.6 is 15.9 Å². The first kappa shape index (κ1) is 9.96. The second kappa shape index (κ2) is 3.53. The standard InChI is InChI=1S/C10H12BrNO2/c1-5-2-6(11)3-7-9(12)8(13)4-14-10(5)7/h2-3,8-9,13H,4,12H2,1H3/t8-,9+/m1/s1. The number of benzene rings is 1. The minimum absolute atomic E-state index is 0.274. The average molecular weight is 258 g/mol. The van der Waals surface area contributed by atoms with Crippen molar-refractivity contribution >= 4 is 15.9 Å². The highest BCUT2D eigenvalue weighted by Crippen LogP contribution is 2.35. The molecule has 1 aromatic carbocycles. The number of hydrogen-bond donors (Lipinski definition) is 2. The number of hydrogen-bond acceptors (Lipinski definition) is 3. The molecule has 1 heterocycles. The molecular weight excluding hydrogens is 246 g/mol. The predicted molar refractivity (Wildman–Crippen MR) is 57.3 cm³/mol. The lowest BCUT2D eigenvalue weighted by atomic mass is 9.97. The van der Waals surface area contributed by atoms with E-state index in [1.54, 1.807) is 0 Å². The summed E-state index contributed by atoms with van der Waals surface area (Å²) in [6.07, 6.45) is -0.615. The highest BCUT2D eigenvalue weighted by molar-refractivity contribution is 9.10. The van der Waals surface area contributed by atoms with E-state index in [4.69, 9.17) is 10.5 Å². The van der Waals surface area contributed by atoms with Gasteiger partial charge in [0.2, 0.25) is 0 Å². The molecule has 3 nitrogen and oxygen atoms in total. The summed E-state index contributed by atoms with van der Waals surface area (Å²) in [5.41, 5.74) is 7.79. The summed E-state index contributed by atoms with van der Waals surface area (Å²) >= 11 is 3.40. The van der Waals surface area contributed by atoms with Crippen LogP contribution in [0.25, 0.3) is 0 Å². The molecule has 4 heteroatoms. The van der Waals surface area contributed by atoms with Crippen molar-refractivity contribution in [3.05, 3.63) is 27.7 Å². The third-order valence-electron chi connectivity index (χ3n) is 2.44. The second-order valence-electron chi connectivity index (χ2n) is 3.55. The molecule has 0 bridgehead atoms. The first-order chi connectivity index (χ1) is 6.59.